The monoisotopic (exact) mass is 459 g/mol. The maximum atomic E-state index is 13.0. The van der Waals surface area contributed by atoms with E-state index in [-0.39, 0.29) is 30.6 Å². The van der Waals surface area contributed by atoms with Crippen LogP contribution < -0.4 is 4.74 Å². The Balaban J connectivity index is 1.74. The zero-order valence-corrected chi connectivity index (χ0v) is 20.2. The number of nitrogens with zero attached hydrogens (tertiary/aromatic N) is 5. The zero-order chi connectivity index (χ0) is 23.8. The lowest BCUT2D eigenvalue weighted by atomic mass is 10.0. The van der Waals surface area contributed by atoms with Crippen LogP contribution in [0.1, 0.15) is 37.9 Å². The van der Waals surface area contributed by atoms with Crippen molar-refractivity contribution in [2.45, 2.75) is 58.5 Å². The second kappa shape index (κ2) is 12.1. The van der Waals surface area contributed by atoms with Crippen molar-refractivity contribution in [3.63, 3.8) is 0 Å². The average Bonchev–Trinajstić information content (AvgIpc) is 3.27. The molecule has 1 aliphatic rings. The van der Waals surface area contributed by atoms with Crippen molar-refractivity contribution in [2.24, 2.45) is 5.92 Å². The van der Waals surface area contributed by atoms with Crippen LogP contribution in [0.2, 0.25) is 0 Å². The van der Waals surface area contributed by atoms with Gasteiger partial charge in [-0.15, -0.1) is 5.10 Å². The first-order valence-corrected chi connectivity index (χ1v) is 11.6. The number of likely N-dealkylation sites (N-methyl/N-ethyl adjacent to an activating group) is 1. The molecule has 2 heterocycles. The molecule has 2 aromatic rings. The van der Waals surface area contributed by atoms with Crippen molar-refractivity contribution in [3.8, 4) is 5.75 Å². The highest BCUT2D eigenvalue weighted by molar-refractivity contribution is 5.76. The molecule has 3 atom stereocenters. The lowest BCUT2D eigenvalue weighted by Crippen LogP contribution is -2.47. The molecule has 182 valence electrons. The maximum absolute atomic E-state index is 13.0. The van der Waals surface area contributed by atoms with E-state index in [0.717, 1.165) is 18.0 Å². The van der Waals surface area contributed by atoms with Crippen LogP contribution in [0, 0.1) is 5.92 Å². The third-order valence-corrected chi connectivity index (χ3v) is 6.15. The number of fused-ring (bicyclic) bond motifs is 2. The first-order chi connectivity index (χ1) is 15.9. The lowest BCUT2D eigenvalue weighted by Gasteiger charge is -2.35. The Labute approximate surface area is 196 Å². The van der Waals surface area contributed by atoms with Crippen LogP contribution in [0.25, 0.3) is 0 Å². The van der Waals surface area contributed by atoms with Crippen LogP contribution in [0.4, 0.5) is 0 Å². The summed E-state index contributed by atoms with van der Waals surface area (Å²) in [7, 11) is 3.73. The van der Waals surface area contributed by atoms with Crippen LogP contribution in [-0.4, -0.2) is 81.8 Å². The highest BCUT2D eigenvalue weighted by Gasteiger charge is 2.28. The SMILES string of the molecule is COc1ccc(CN(C)C[C@H]2OCc3cn(nn3)CCCC(=O)N([C@@H](C)CO)C[C@@H]2C)cc1. The Morgan fingerprint density at radius 2 is 2.09 bits per heavy atom. The largest absolute Gasteiger partial charge is 0.497 e. The summed E-state index contributed by atoms with van der Waals surface area (Å²) in [5, 5.41) is 18.1. The Bertz CT molecular complexity index is 872. The molecule has 33 heavy (non-hydrogen) atoms. The minimum absolute atomic E-state index is 0.0494. The number of hydrogen-bond donors (Lipinski definition) is 1. The molecule has 0 unspecified atom stereocenters. The van der Waals surface area contributed by atoms with Gasteiger partial charge in [0.05, 0.1) is 38.7 Å². The summed E-state index contributed by atoms with van der Waals surface area (Å²) in [5.41, 5.74) is 1.97. The number of carbonyl (C=O) groups is 1. The number of carbonyl (C=O) groups excluding carboxylic acids is 1. The molecule has 1 aliphatic heterocycles. The third-order valence-electron chi connectivity index (χ3n) is 6.15. The summed E-state index contributed by atoms with van der Waals surface area (Å²) in [5.74, 6) is 0.954. The van der Waals surface area contributed by atoms with Gasteiger partial charge in [-0.3, -0.25) is 14.4 Å². The molecular formula is C24H37N5O4. The third kappa shape index (κ3) is 7.25. The van der Waals surface area contributed by atoms with Crippen molar-refractivity contribution in [1.82, 2.24) is 24.8 Å². The molecule has 3 rings (SSSR count). The summed E-state index contributed by atoms with van der Waals surface area (Å²) in [6.07, 6.45) is 2.86. The summed E-state index contributed by atoms with van der Waals surface area (Å²) in [4.78, 5) is 17.0. The zero-order valence-electron chi connectivity index (χ0n) is 20.2. The molecule has 1 amide bonds. The van der Waals surface area contributed by atoms with E-state index in [1.165, 1.54) is 5.56 Å². The summed E-state index contributed by atoms with van der Waals surface area (Å²) in [6, 6.07) is 7.81. The molecule has 9 heteroatoms. The van der Waals surface area contributed by atoms with Gasteiger partial charge in [0, 0.05) is 38.5 Å². The van der Waals surface area contributed by atoms with Gasteiger partial charge in [0.25, 0.3) is 0 Å². The Morgan fingerprint density at radius 3 is 2.79 bits per heavy atom. The number of benzene rings is 1. The van der Waals surface area contributed by atoms with Gasteiger partial charge in [-0.2, -0.15) is 0 Å². The van der Waals surface area contributed by atoms with Crippen LogP contribution in [0.15, 0.2) is 30.5 Å². The number of ether oxygens (including phenoxy) is 2. The Kier molecular flexibility index (Phi) is 9.22. The molecule has 0 fully saturated rings. The normalized spacial score (nSPS) is 21.3. The van der Waals surface area contributed by atoms with E-state index in [1.54, 1.807) is 16.7 Å². The summed E-state index contributed by atoms with van der Waals surface area (Å²) in [6.45, 7) is 6.92. The van der Waals surface area contributed by atoms with E-state index < -0.39 is 0 Å². The fourth-order valence-electron chi connectivity index (χ4n) is 4.11. The Morgan fingerprint density at radius 1 is 1.33 bits per heavy atom. The number of aromatic nitrogens is 3. The number of hydrogen-bond acceptors (Lipinski definition) is 7. The molecule has 2 bridgehead atoms. The van der Waals surface area contributed by atoms with E-state index in [0.29, 0.717) is 39.1 Å². The number of aliphatic hydroxyl groups excluding tert-OH is 1. The van der Waals surface area contributed by atoms with Crippen molar-refractivity contribution in [3.05, 3.63) is 41.7 Å². The highest BCUT2D eigenvalue weighted by Crippen LogP contribution is 2.19. The first-order valence-electron chi connectivity index (χ1n) is 11.6. The number of methoxy groups -OCH3 is 1. The van der Waals surface area contributed by atoms with Crippen molar-refractivity contribution < 1.29 is 19.4 Å². The van der Waals surface area contributed by atoms with Gasteiger partial charge in [0.1, 0.15) is 11.4 Å². The fourth-order valence-corrected chi connectivity index (χ4v) is 4.11. The van der Waals surface area contributed by atoms with Crippen LogP contribution >= 0.6 is 0 Å². The van der Waals surface area contributed by atoms with Gasteiger partial charge in [-0.1, -0.05) is 24.3 Å². The van der Waals surface area contributed by atoms with E-state index >= 15 is 0 Å². The quantitative estimate of drug-likeness (QED) is 0.676. The second-order valence-electron chi connectivity index (χ2n) is 9.03. The molecule has 1 aromatic carbocycles. The number of amides is 1. The second-order valence-corrected chi connectivity index (χ2v) is 9.03. The number of aliphatic hydroxyl groups is 1. The van der Waals surface area contributed by atoms with E-state index in [1.807, 2.05) is 25.3 Å². The van der Waals surface area contributed by atoms with E-state index in [2.05, 4.69) is 41.3 Å². The van der Waals surface area contributed by atoms with E-state index in [9.17, 15) is 9.90 Å². The number of rotatable bonds is 7. The molecule has 0 saturated heterocycles. The van der Waals surface area contributed by atoms with Gasteiger partial charge in [0.2, 0.25) is 5.91 Å². The van der Waals surface area contributed by atoms with E-state index in [4.69, 9.17) is 9.47 Å². The smallest absolute Gasteiger partial charge is 0.222 e. The highest BCUT2D eigenvalue weighted by atomic mass is 16.5. The summed E-state index contributed by atoms with van der Waals surface area (Å²) < 4.78 is 13.3. The Hall–Kier alpha value is -2.49. The summed E-state index contributed by atoms with van der Waals surface area (Å²) >= 11 is 0. The first kappa shape index (κ1) is 25.1. The number of aryl methyl sites for hydroxylation is 1. The minimum Gasteiger partial charge on any atom is -0.497 e. The van der Waals surface area contributed by atoms with Crippen LogP contribution in [-0.2, 0) is 29.2 Å². The lowest BCUT2D eigenvalue weighted by molar-refractivity contribution is -0.136. The van der Waals surface area contributed by atoms with Gasteiger partial charge < -0.3 is 19.5 Å². The molecule has 0 radical (unpaired) electrons. The van der Waals surface area contributed by atoms with Crippen LogP contribution in [0.5, 0.6) is 5.75 Å². The van der Waals surface area contributed by atoms with Crippen molar-refractivity contribution in [1.29, 1.82) is 0 Å². The molecule has 9 nitrogen and oxygen atoms in total. The van der Waals surface area contributed by atoms with Crippen LogP contribution in [0.3, 0.4) is 0 Å². The average molecular weight is 460 g/mol. The van der Waals surface area contributed by atoms with Gasteiger partial charge in [-0.05, 0) is 38.1 Å². The molecule has 0 aliphatic carbocycles. The standard InChI is InChI=1S/C24H37N5O4/c1-18-12-29(19(2)16-30)24(31)6-5-11-28-14-21(25-26-28)17-33-23(18)15-27(3)13-20-7-9-22(32-4)10-8-20/h7-10,14,18-19,23,30H,5-6,11-13,15-17H2,1-4H3/t18-,19-,23+/m0/s1. The predicted molar refractivity (Wildman–Crippen MR) is 125 cm³/mol. The molecular weight excluding hydrogens is 422 g/mol. The van der Waals surface area contributed by atoms with Gasteiger partial charge in [0.15, 0.2) is 0 Å². The molecule has 1 N–H and O–H groups in total. The van der Waals surface area contributed by atoms with Gasteiger partial charge in [-0.25, -0.2) is 0 Å². The predicted octanol–water partition coefficient (Wildman–Crippen LogP) is 1.94. The molecule has 1 aromatic heterocycles. The van der Waals surface area contributed by atoms with Gasteiger partial charge >= 0.3 is 0 Å². The topological polar surface area (TPSA) is 93.0 Å². The van der Waals surface area contributed by atoms with Crippen molar-refractivity contribution >= 4 is 5.91 Å². The van der Waals surface area contributed by atoms with Crippen molar-refractivity contribution in [2.75, 3.05) is 33.9 Å². The minimum atomic E-state index is -0.236. The fraction of sp³-hybridized carbons (Fsp3) is 0.625. The maximum Gasteiger partial charge on any atom is 0.222 e. The molecule has 0 spiro atoms. The molecule has 0 saturated carbocycles.